The smallest absolute Gasteiger partial charge is 0.0936 e. The average molecular weight is 185 g/mol. The molecule has 0 amide bonds. The van der Waals surface area contributed by atoms with E-state index < -0.39 is 0 Å². The molecule has 0 radical (unpaired) electrons. The van der Waals surface area contributed by atoms with Crippen LogP contribution in [0.2, 0.25) is 0 Å². The Labute approximate surface area is 79.8 Å². The Morgan fingerprint density at radius 2 is 2.23 bits per heavy atom. The van der Waals surface area contributed by atoms with Crippen LogP contribution in [-0.4, -0.2) is 39.0 Å². The molecule has 3 heteroatoms. The Morgan fingerprint density at radius 1 is 1.38 bits per heavy atom. The summed E-state index contributed by atoms with van der Waals surface area (Å²) >= 11 is 0. The summed E-state index contributed by atoms with van der Waals surface area (Å²) in [4.78, 5) is 0. The molecule has 0 aromatic heterocycles. The van der Waals surface area contributed by atoms with E-state index in [1.807, 2.05) is 0 Å². The molecule has 1 N–H and O–H groups in total. The van der Waals surface area contributed by atoms with Gasteiger partial charge in [-0.05, 0) is 18.8 Å². The van der Waals surface area contributed by atoms with Gasteiger partial charge in [0.05, 0.1) is 18.8 Å². The van der Waals surface area contributed by atoms with E-state index in [0.717, 1.165) is 25.6 Å². The first-order valence-corrected chi connectivity index (χ1v) is 5.25. The van der Waals surface area contributed by atoms with E-state index in [9.17, 15) is 0 Å². The summed E-state index contributed by atoms with van der Waals surface area (Å²) in [7, 11) is 1.73. The number of rotatable bonds is 3. The molecule has 76 valence electrons. The highest BCUT2D eigenvalue weighted by molar-refractivity contribution is 4.84. The van der Waals surface area contributed by atoms with Crippen molar-refractivity contribution in [1.82, 2.24) is 5.32 Å². The Bertz CT molecular complexity index is 157. The minimum absolute atomic E-state index is 0.268. The largest absolute Gasteiger partial charge is 0.382 e. The van der Waals surface area contributed by atoms with Crippen molar-refractivity contribution in [3.05, 3.63) is 0 Å². The lowest BCUT2D eigenvalue weighted by Gasteiger charge is -2.39. The zero-order chi connectivity index (χ0) is 9.10. The molecule has 2 unspecified atom stereocenters. The highest BCUT2D eigenvalue weighted by Gasteiger charge is 2.32. The fourth-order valence-electron chi connectivity index (χ4n) is 2.10. The standard InChI is InChI=1S/C10H19NO2/c1-12-7-9-5-11-6-10(13-9)8-3-2-4-8/h8-11H,2-7H2,1H3. The molecule has 13 heavy (non-hydrogen) atoms. The summed E-state index contributed by atoms with van der Waals surface area (Å²) in [5, 5.41) is 3.41. The van der Waals surface area contributed by atoms with Gasteiger partial charge in [0.2, 0.25) is 0 Å². The average Bonchev–Trinajstić information content (AvgIpc) is 2.02. The maximum Gasteiger partial charge on any atom is 0.0936 e. The minimum atomic E-state index is 0.268. The van der Waals surface area contributed by atoms with Crippen molar-refractivity contribution >= 4 is 0 Å². The molecule has 1 heterocycles. The van der Waals surface area contributed by atoms with Gasteiger partial charge in [-0.1, -0.05) is 6.42 Å². The molecule has 1 aliphatic carbocycles. The summed E-state index contributed by atoms with van der Waals surface area (Å²) in [5.41, 5.74) is 0. The van der Waals surface area contributed by atoms with Crippen molar-refractivity contribution in [2.45, 2.75) is 31.5 Å². The number of morpholine rings is 1. The molecular weight excluding hydrogens is 166 g/mol. The molecule has 1 aliphatic heterocycles. The van der Waals surface area contributed by atoms with Crippen LogP contribution in [0.15, 0.2) is 0 Å². The second kappa shape index (κ2) is 4.40. The molecule has 0 bridgehead atoms. The molecule has 1 saturated carbocycles. The third kappa shape index (κ3) is 2.22. The van der Waals surface area contributed by atoms with Gasteiger partial charge >= 0.3 is 0 Å². The van der Waals surface area contributed by atoms with Crippen molar-refractivity contribution in [3.63, 3.8) is 0 Å². The molecule has 1 saturated heterocycles. The molecule has 0 aromatic rings. The van der Waals surface area contributed by atoms with Gasteiger partial charge in [0.15, 0.2) is 0 Å². The van der Waals surface area contributed by atoms with Crippen LogP contribution >= 0.6 is 0 Å². The second-order valence-corrected chi connectivity index (χ2v) is 4.10. The van der Waals surface area contributed by atoms with Gasteiger partial charge in [-0.15, -0.1) is 0 Å². The predicted molar refractivity (Wildman–Crippen MR) is 50.7 cm³/mol. The first-order chi connectivity index (χ1) is 6.40. The van der Waals surface area contributed by atoms with Crippen LogP contribution in [0, 0.1) is 5.92 Å². The Balaban J connectivity index is 1.77. The van der Waals surface area contributed by atoms with Crippen molar-refractivity contribution < 1.29 is 9.47 Å². The number of hydrogen-bond acceptors (Lipinski definition) is 3. The van der Waals surface area contributed by atoms with Crippen LogP contribution in [0.5, 0.6) is 0 Å². The van der Waals surface area contributed by atoms with Crippen molar-refractivity contribution in [1.29, 1.82) is 0 Å². The van der Waals surface area contributed by atoms with E-state index in [2.05, 4.69) is 5.32 Å². The molecule has 3 nitrogen and oxygen atoms in total. The van der Waals surface area contributed by atoms with Gasteiger partial charge < -0.3 is 14.8 Å². The van der Waals surface area contributed by atoms with E-state index in [4.69, 9.17) is 9.47 Å². The lowest BCUT2D eigenvalue weighted by atomic mass is 9.80. The summed E-state index contributed by atoms with van der Waals surface area (Å²) in [6.07, 6.45) is 4.81. The first kappa shape index (κ1) is 9.44. The lowest BCUT2D eigenvalue weighted by Crippen LogP contribution is -2.50. The molecule has 0 aromatic carbocycles. The van der Waals surface area contributed by atoms with Crippen LogP contribution in [-0.2, 0) is 9.47 Å². The van der Waals surface area contributed by atoms with Gasteiger partial charge in [-0.3, -0.25) is 0 Å². The van der Waals surface area contributed by atoms with Crippen LogP contribution in [0.4, 0.5) is 0 Å². The maximum atomic E-state index is 5.94. The third-order valence-electron chi connectivity index (χ3n) is 3.11. The molecule has 2 fully saturated rings. The Morgan fingerprint density at radius 3 is 2.85 bits per heavy atom. The van der Waals surface area contributed by atoms with Crippen molar-refractivity contribution in [2.75, 3.05) is 26.8 Å². The summed E-state index contributed by atoms with van der Waals surface area (Å²) < 4.78 is 11.0. The number of hydrogen-bond donors (Lipinski definition) is 1. The Hall–Kier alpha value is -0.120. The van der Waals surface area contributed by atoms with Crippen LogP contribution in [0.25, 0.3) is 0 Å². The fourth-order valence-corrected chi connectivity index (χ4v) is 2.10. The number of methoxy groups -OCH3 is 1. The van der Waals surface area contributed by atoms with E-state index in [-0.39, 0.29) is 6.10 Å². The van der Waals surface area contributed by atoms with Crippen molar-refractivity contribution in [3.8, 4) is 0 Å². The second-order valence-electron chi connectivity index (χ2n) is 4.10. The van der Waals surface area contributed by atoms with Crippen molar-refractivity contribution in [2.24, 2.45) is 5.92 Å². The lowest BCUT2D eigenvalue weighted by molar-refractivity contribution is -0.103. The summed E-state index contributed by atoms with van der Waals surface area (Å²) in [6.45, 7) is 2.69. The Kier molecular flexibility index (Phi) is 3.19. The number of ether oxygens (including phenoxy) is 2. The summed E-state index contributed by atoms with van der Waals surface area (Å²) in [5.74, 6) is 0.812. The van der Waals surface area contributed by atoms with Crippen LogP contribution < -0.4 is 5.32 Å². The zero-order valence-electron chi connectivity index (χ0n) is 8.29. The zero-order valence-corrected chi connectivity index (χ0v) is 8.29. The normalized spacial score (nSPS) is 35.8. The monoisotopic (exact) mass is 185 g/mol. The van der Waals surface area contributed by atoms with E-state index in [1.165, 1.54) is 19.3 Å². The topological polar surface area (TPSA) is 30.5 Å². The maximum absolute atomic E-state index is 5.94. The van der Waals surface area contributed by atoms with E-state index in [1.54, 1.807) is 7.11 Å². The minimum Gasteiger partial charge on any atom is -0.382 e. The van der Waals surface area contributed by atoms with Crippen LogP contribution in [0.3, 0.4) is 0 Å². The summed E-state index contributed by atoms with van der Waals surface area (Å²) in [6, 6.07) is 0. The van der Waals surface area contributed by atoms with E-state index in [0.29, 0.717) is 6.10 Å². The first-order valence-electron chi connectivity index (χ1n) is 5.25. The number of nitrogens with one attached hydrogen (secondary N) is 1. The molecule has 0 spiro atoms. The van der Waals surface area contributed by atoms with Crippen LogP contribution in [0.1, 0.15) is 19.3 Å². The third-order valence-corrected chi connectivity index (χ3v) is 3.11. The quantitative estimate of drug-likeness (QED) is 0.705. The molecular formula is C10H19NO2. The fraction of sp³-hybridized carbons (Fsp3) is 1.00. The van der Waals surface area contributed by atoms with Gasteiger partial charge in [0, 0.05) is 20.2 Å². The molecule has 2 atom stereocenters. The predicted octanol–water partition coefficient (Wildman–Crippen LogP) is 0.790. The molecule has 2 rings (SSSR count). The SMILES string of the molecule is COCC1CNCC(C2CCC2)O1. The van der Waals surface area contributed by atoms with E-state index >= 15 is 0 Å². The van der Waals surface area contributed by atoms with Gasteiger partial charge in [-0.25, -0.2) is 0 Å². The molecule has 2 aliphatic rings. The van der Waals surface area contributed by atoms with Gasteiger partial charge in [-0.2, -0.15) is 0 Å². The van der Waals surface area contributed by atoms with Gasteiger partial charge in [0.25, 0.3) is 0 Å². The highest BCUT2D eigenvalue weighted by Crippen LogP contribution is 2.32. The van der Waals surface area contributed by atoms with Gasteiger partial charge in [0.1, 0.15) is 0 Å². The highest BCUT2D eigenvalue weighted by atomic mass is 16.5.